The van der Waals surface area contributed by atoms with Crippen molar-refractivity contribution in [2.45, 2.75) is 63.5 Å². The van der Waals surface area contributed by atoms with Gasteiger partial charge in [0.1, 0.15) is 0 Å². The van der Waals surface area contributed by atoms with Crippen LogP contribution in [0.4, 0.5) is 10.1 Å². The minimum absolute atomic E-state index is 0.123. The SMILES string of the molecule is CC1(N)CCCCC1C(=O)Nc1ccc(OC2CCC2)c(F)c1. The normalized spacial score (nSPS) is 28.0. The first kappa shape index (κ1) is 16.2. The van der Waals surface area contributed by atoms with Gasteiger partial charge in [0.25, 0.3) is 0 Å². The number of ether oxygens (including phenoxy) is 1. The van der Waals surface area contributed by atoms with Crippen LogP contribution in [0, 0.1) is 11.7 Å². The van der Waals surface area contributed by atoms with E-state index in [2.05, 4.69) is 5.32 Å². The minimum Gasteiger partial charge on any atom is -0.487 e. The number of hydrogen-bond donors (Lipinski definition) is 2. The lowest BCUT2D eigenvalue weighted by Crippen LogP contribution is -2.51. The number of rotatable bonds is 4. The van der Waals surface area contributed by atoms with Crippen molar-refractivity contribution in [2.75, 3.05) is 5.32 Å². The van der Waals surface area contributed by atoms with Crippen molar-refractivity contribution < 1.29 is 13.9 Å². The second-order valence-electron chi connectivity index (χ2n) is 7.11. The van der Waals surface area contributed by atoms with Gasteiger partial charge in [0, 0.05) is 17.3 Å². The first-order chi connectivity index (χ1) is 11.0. The Bertz CT molecular complexity index is 584. The average molecular weight is 320 g/mol. The first-order valence-corrected chi connectivity index (χ1v) is 8.52. The van der Waals surface area contributed by atoms with Crippen molar-refractivity contribution in [1.82, 2.24) is 0 Å². The van der Waals surface area contributed by atoms with E-state index in [1.165, 1.54) is 6.07 Å². The van der Waals surface area contributed by atoms with Crippen LogP contribution in [-0.4, -0.2) is 17.6 Å². The number of halogens is 1. The van der Waals surface area contributed by atoms with E-state index in [0.717, 1.165) is 44.9 Å². The quantitative estimate of drug-likeness (QED) is 0.891. The zero-order valence-electron chi connectivity index (χ0n) is 13.6. The molecule has 0 aromatic heterocycles. The topological polar surface area (TPSA) is 64.4 Å². The van der Waals surface area contributed by atoms with E-state index in [1.807, 2.05) is 6.92 Å². The molecule has 2 aliphatic carbocycles. The molecule has 126 valence electrons. The molecule has 2 fully saturated rings. The molecule has 1 aromatic rings. The summed E-state index contributed by atoms with van der Waals surface area (Å²) in [5.41, 5.74) is 6.21. The molecular weight excluding hydrogens is 295 g/mol. The predicted molar refractivity (Wildman–Crippen MR) is 87.8 cm³/mol. The molecule has 4 nitrogen and oxygen atoms in total. The number of anilines is 1. The van der Waals surface area contributed by atoms with Crippen LogP contribution < -0.4 is 15.8 Å². The summed E-state index contributed by atoms with van der Waals surface area (Å²) < 4.78 is 19.7. The Hall–Kier alpha value is -1.62. The minimum atomic E-state index is -0.492. The number of nitrogens with two attached hydrogens (primary N) is 1. The van der Waals surface area contributed by atoms with Crippen molar-refractivity contribution in [1.29, 1.82) is 0 Å². The van der Waals surface area contributed by atoms with Crippen molar-refractivity contribution in [3.05, 3.63) is 24.0 Å². The maximum Gasteiger partial charge on any atom is 0.229 e. The molecule has 1 aromatic carbocycles. The monoisotopic (exact) mass is 320 g/mol. The molecule has 2 saturated carbocycles. The molecule has 0 saturated heterocycles. The summed E-state index contributed by atoms with van der Waals surface area (Å²) in [7, 11) is 0. The molecule has 2 aliphatic rings. The van der Waals surface area contributed by atoms with Crippen molar-refractivity contribution in [3.8, 4) is 5.75 Å². The molecular formula is C18H25FN2O2. The van der Waals surface area contributed by atoms with E-state index in [4.69, 9.17) is 10.5 Å². The van der Waals surface area contributed by atoms with Gasteiger partial charge in [-0.25, -0.2) is 4.39 Å². The molecule has 3 rings (SSSR count). The fraction of sp³-hybridized carbons (Fsp3) is 0.611. The highest BCUT2D eigenvalue weighted by molar-refractivity contribution is 5.93. The Balaban J connectivity index is 1.65. The van der Waals surface area contributed by atoms with Crippen LogP contribution in [0.2, 0.25) is 0 Å². The predicted octanol–water partition coefficient (Wildman–Crippen LogP) is 3.60. The van der Waals surface area contributed by atoms with Gasteiger partial charge in [-0.15, -0.1) is 0 Å². The molecule has 0 aliphatic heterocycles. The van der Waals surface area contributed by atoms with Gasteiger partial charge in [0.15, 0.2) is 11.6 Å². The Morgan fingerprint density at radius 1 is 1.30 bits per heavy atom. The van der Waals surface area contributed by atoms with Gasteiger partial charge in [-0.1, -0.05) is 12.8 Å². The van der Waals surface area contributed by atoms with Gasteiger partial charge >= 0.3 is 0 Å². The van der Waals surface area contributed by atoms with E-state index < -0.39 is 11.4 Å². The zero-order chi connectivity index (χ0) is 16.4. The molecule has 0 heterocycles. The van der Waals surface area contributed by atoms with Crippen molar-refractivity contribution >= 4 is 11.6 Å². The third-order valence-electron chi connectivity index (χ3n) is 5.12. The summed E-state index contributed by atoms with van der Waals surface area (Å²) in [5.74, 6) is -0.533. The summed E-state index contributed by atoms with van der Waals surface area (Å²) in [6, 6.07) is 4.60. The van der Waals surface area contributed by atoms with Crippen LogP contribution in [0.3, 0.4) is 0 Å². The fourth-order valence-electron chi connectivity index (χ4n) is 3.36. The maximum absolute atomic E-state index is 14.1. The number of nitrogens with one attached hydrogen (secondary N) is 1. The molecule has 0 spiro atoms. The maximum atomic E-state index is 14.1. The Morgan fingerprint density at radius 3 is 2.70 bits per heavy atom. The van der Waals surface area contributed by atoms with Gasteiger partial charge in [-0.3, -0.25) is 4.79 Å². The molecule has 2 unspecified atom stereocenters. The van der Waals surface area contributed by atoms with Crippen LogP contribution in [0.15, 0.2) is 18.2 Å². The van der Waals surface area contributed by atoms with Crippen LogP contribution >= 0.6 is 0 Å². The van der Waals surface area contributed by atoms with E-state index in [9.17, 15) is 9.18 Å². The number of carbonyl (C=O) groups excluding carboxylic acids is 1. The molecule has 0 radical (unpaired) electrons. The second kappa shape index (κ2) is 6.48. The summed E-state index contributed by atoms with van der Waals surface area (Å²) in [4.78, 5) is 12.5. The Morgan fingerprint density at radius 2 is 2.09 bits per heavy atom. The summed E-state index contributed by atoms with van der Waals surface area (Å²) in [5, 5.41) is 2.80. The van der Waals surface area contributed by atoms with E-state index in [1.54, 1.807) is 12.1 Å². The highest BCUT2D eigenvalue weighted by Crippen LogP contribution is 2.33. The Kier molecular flexibility index (Phi) is 4.57. The largest absolute Gasteiger partial charge is 0.487 e. The molecule has 2 atom stereocenters. The third-order valence-corrected chi connectivity index (χ3v) is 5.12. The van der Waals surface area contributed by atoms with Crippen molar-refractivity contribution in [3.63, 3.8) is 0 Å². The van der Waals surface area contributed by atoms with Gasteiger partial charge in [0.2, 0.25) is 5.91 Å². The van der Waals surface area contributed by atoms with Gasteiger partial charge in [-0.2, -0.15) is 0 Å². The average Bonchev–Trinajstić information content (AvgIpc) is 2.44. The van der Waals surface area contributed by atoms with E-state index in [0.29, 0.717) is 5.69 Å². The second-order valence-corrected chi connectivity index (χ2v) is 7.11. The number of carbonyl (C=O) groups is 1. The lowest BCUT2D eigenvalue weighted by molar-refractivity contribution is -0.122. The summed E-state index contributed by atoms with van der Waals surface area (Å²) >= 11 is 0. The van der Waals surface area contributed by atoms with Gasteiger partial charge in [-0.05, 0) is 51.2 Å². The van der Waals surface area contributed by atoms with Crippen LogP contribution in [-0.2, 0) is 4.79 Å². The Labute approximate surface area is 136 Å². The van der Waals surface area contributed by atoms with Gasteiger partial charge in [0.05, 0.1) is 12.0 Å². The highest BCUT2D eigenvalue weighted by Gasteiger charge is 2.37. The van der Waals surface area contributed by atoms with Crippen LogP contribution in [0.1, 0.15) is 51.9 Å². The number of benzene rings is 1. The smallest absolute Gasteiger partial charge is 0.229 e. The number of hydrogen-bond acceptors (Lipinski definition) is 3. The fourth-order valence-corrected chi connectivity index (χ4v) is 3.36. The first-order valence-electron chi connectivity index (χ1n) is 8.52. The lowest BCUT2D eigenvalue weighted by atomic mass is 9.74. The molecule has 0 bridgehead atoms. The lowest BCUT2D eigenvalue weighted by Gasteiger charge is -2.37. The molecule has 3 N–H and O–H groups in total. The summed E-state index contributed by atoms with van der Waals surface area (Å²) in [6.07, 6.45) is 6.91. The highest BCUT2D eigenvalue weighted by atomic mass is 19.1. The molecule has 1 amide bonds. The van der Waals surface area contributed by atoms with E-state index in [-0.39, 0.29) is 23.7 Å². The van der Waals surface area contributed by atoms with Gasteiger partial charge < -0.3 is 15.8 Å². The van der Waals surface area contributed by atoms with Crippen LogP contribution in [0.25, 0.3) is 0 Å². The van der Waals surface area contributed by atoms with E-state index >= 15 is 0 Å². The van der Waals surface area contributed by atoms with Crippen molar-refractivity contribution in [2.24, 2.45) is 11.7 Å². The number of amides is 1. The standard InChI is InChI=1S/C18H25FN2O2/c1-18(20)10-3-2-7-14(18)17(22)21-12-8-9-16(15(19)11-12)23-13-5-4-6-13/h8-9,11,13-14H,2-7,10,20H2,1H3,(H,21,22). The third kappa shape index (κ3) is 3.66. The molecule has 23 heavy (non-hydrogen) atoms. The zero-order valence-corrected chi connectivity index (χ0v) is 13.6. The van der Waals surface area contributed by atoms with Crippen LogP contribution in [0.5, 0.6) is 5.75 Å². The summed E-state index contributed by atoms with van der Waals surface area (Å²) in [6.45, 7) is 1.92. The molecule has 5 heteroatoms.